The lowest BCUT2D eigenvalue weighted by molar-refractivity contribution is 0.515. The number of nitrogens with two attached hydrogens (primary N) is 1. The van der Waals surface area contributed by atoms with Gasteiger partial charge < -0.3 is 5.73 Å². The van der Waals surface area contributed by atoms with E-state index >= 15 is 0 Å². The zero-order chi connectivity index (χ0) is 13.4. The van der Waals surface area contributed by atoms with Crippen molar-refractivity contribution in [1.29, 1.82) is 0 Å². The van der Waals surface area contributed by atoms with Crippen LogP contribution in [-0.4, -0.2) is 9.13 Å². The topological polar surface area (TPSA) is 52.9 Å². The average Bonchev–Trinajstić information content (AvgIpc) is 3.17. The Kier molecular flexibility index (Phi) is 2.98. The van der Waals surface area contributed by atoms with E-state index in [0.29, 0.717) is 18.2 Å². The molecule has 0 amide bonds. The first-order valence-electron chi connectivity index (χ1n) is 6.44. The molecule has 100 valence electrons. The van der Waals surface area contributed by atoms with Gasteiger partial charge in [0.25, 0.3) is 0 Å². The van der Waals surface area contributed by atoms with Crippen LogP contribution in [0.5, 0.6) is 0 Å². The Hall–Kier alpha value is -1.88. The summed E-state index contributed by atoms with van der Waals surface area (Å²) in [5, 5.41) is 0. The monoisotopic (exact) mass is 261 g/mol. The lowest BCUT2D eigenvalue weighted by Gasteiger charge is -2.13. The van der Waals surface area contributed by atoms with E-state index in [1.807, 2.05) is 0 Å². The Morgan fingerprint density at radius 2 is 2.05 bits per heavy atom. The molecule has 3 rings (SSSR count). The van der Waals surface area contributed by atoms with Crippen LogP contribution in [0.3, 0.4) is 0 Å². The van der Waals surface area contributed by atoms with Gasteiger partial charge in [0, 0.05) is 30.5 Å². The summed E-state index contributed by atoms with van der Waals surface area (Å²) in [7, 11) is 0. The normalized spacial score (nSPS) is 16.5. The predicted octanol–water partition coefficient (Wildman–Crippen LogP) is 1.82. The fraction of sp³-hybridized carbons (Fsp3) is 0.357. The van der Waals surface area contributed by atoms with Crippen LogP contribution in [0.1, 0.15) is 30.5 Å². The molecule has 2 N–H and O–H groups in total. The van der Waals surface area contributed by atoms with Crippen molar-refractivity contribution in [3.05, 3.63) is 58.5 Å². The van der Waals surface area contributed by atoms with Gasteiger partial charge in [-0.25, -0.2) is 9.18 Å². The number of imidazole rings is 1. The van der Waals surface area contributed by atoms with Gasteiger partial charge >= 0.3 is 5.69 Å². The maximum Gasteiger partial charge on any atom is 0.328 e. The van der Waals surface area contributed by atoms with Crippen LogP contribution < -0.4 is 11.4 Å². The molecule has 4 nitrogen and oxygen atoms in total. The Morgan fingerprint density at radius 3 is 2.74 bits per heavy atom. The number of hydrogen-bond acceptors (Lipinski definition) is 2. The van der Waals surface area contributed by atoms with Gasteiger partial charge in [-0.2, -0.15) is 0 Å². The number of benzene rings is 1. The van der Waals surface area contributed by atoms with Gasteiger partial charge in [-0.3, -0.25) is 9.13 Å². The third-order valence-electron chi connectivity index (χ3n) is 3.51. The van der Waals surface area contributed by atoms with Crippen molar-refractivity contribution in [3.8, 4) is 0 Å². The molecule has 19 heavy (non-hydrogen) atoms. The first kappa shape index (κ1) is 12.2. The van der Waals surface area contributed by atoms with E-state index in [1.165, 1.54) is 6.07 Å². The van der Waals surface area contributed by atoms with E-state index in [2.05, 4.69) is 0 Å². The molecule has 1 atom stereocenters. The number of aromatic nitrogens is 2. The third-order valence-corrected chi connectivity index (χ3v) is 3.51. The molecule has 1 aromatic carbocycles. The van der Waals surface area contributed by atoms with Gasteiger partial charge in [0.05, 0.1) is 6.04 Å². The molecule has 0 aliphatic heterocycles. The van der Waals surface area contributed by atoms with E-state index in [0.717, 1.165) is 12.8 Å². The number of halogens is 1. The highest BCUT2D eigenvalue weighted by Gasteiger charge is 2.25. The van der Waals surface area contributed by atoms with Crippen LogP contribution in [0.4, 0.5) is 4.39 Å². The molecule has 2 aromatic rings. The molecule has 5 heteroatoms. The molecule has 1 fully saturated rings. The molecule has 1 heterocycles. The minimum Gasteiger partial charge on any atom is -0.322 e. The Labute approximate surface area is 110 Å². The van der Waals surface area contributed by atoms with Gasteiger partial charge in [-0.15, -0.1) is 0 Å². The SMILES string of the molecule is NC(Cn1ccn(C2CC2)c1=O)c1ccccc1F. The zero-order valence-corrected chi connectivity index (χ0v) is 10.5. The Bertz CT molecular complexity index is 642. The van der Waals surface area contributed by atoms with Crippen LogP contribution in [0.15, 0.2) is 41.5 Å². The highest BCUT2D eigenvalue weighted by molar-refractivity contribution is 5.20. The summed E-state index contributed by atoms with van der Waals surface area (Å²) in [6.07, 6.45) is 5.63. The lowest BCUT2D eigenvalue weighted by atomic mass is 10.1. The fourth-order valence-electron chi connectivity index (χ4n) is 2.28. The molecular weight excluding hydrogens is 245 g/mol. The van der Waals surface area contributed by atoms with Crippen molar-refractivity contribution in [1.82, 2.24) is 9.13 Å². The van der Waals surface area contributed by atoms with Crippen molar-refractivity contribution in [2.45, 2.75) is 31.5 Å². The van der Waals surface area contributed by atoms with Crippen molar-refractivity contribution >= 4 is 0 Å². The van der Waals surface area contributed by atoms with Gasteiger partial charge in [0.15, 0.2) is 0 Å². The highest BCUT2D eigenvalue weighted by Crippen LogP contribution is 2.33. The second-order valence-electron chi connectivity index (χ2n) is 5.00. The molecule has 1 aliphatic rings. The van der Waals surface area contributed by atoms with Crippen molar-refractivity contribution in [2.75, 3.05) is 0 Å². The van der Waals surface area contributed by atoms with Crippen LogP contribution in [-0.2, 0) is 6.54 Å². The average molecular weight is 261 g/mol. The van der Waals surface area contributed by atoms with Gasteiger partial charge in [0.2, 0.25) is 0 Å². The van der Waals surface area contributed by atoms with Crippen molar-refractivity contribution < 1.29 is 4.39 Å². The maximum atomic E-state index is 13.6. The molecule has 0 radical (unpaired) electrons. The molecule has 1 aromatic heterocycles. The molecule has 0 saturated heterocycles. The van der Waals surface area contributed by atoms with Crippen LogP contribution in [0.2, 0.25) is 0 Å². The van der Waals surface area contributed by atoms with Gasteiger partial charge in [-0.05, 0) is 18.9 Å². The summed E-state index contributed by atoms with van der Waals surface area (Å²) in [5.41, 5.74) is 6.37. The van der Waals surface area contributed by atoms with E-state index < -0.39 is 6.04 Å². The first-order valence-corrected chi connectivity index (χ1v) is 6.44. The zero-order valence-electron chi connectivity index (χ0n) is 10.5. The summed E-state index contributed by atoms with van der Waals surface area (Å²) in [6.45, 7) is 0.291. The molecule has 1 saturated carbocycles. The van der Waals surface area contributed by atoms with E-state index in [-0.39, 0.29) is 11.5 Å². The Morgan fingerprint density at radius 1 is 1.32 bits per heavy atom. The number of hydrogen-bond donors (Lipinski definition) is 1. The summed E-state index contributed by atoms with van der Waals surface area (Å²) in [6, 6.07) is 6.24. The molecule has 0 bridgehead atoms. The van der Waals surface area contributed by atoms with Gasteiger partial charge in [0.1, 0.15) is 5.82 Å². The summed E-state index contributed by atoms with van der Waals surface area (Å²) < 4.78 is 16.9. The standard InChI is InChI=1S/C14H16FN3O/c15-12-4-2-1-3-11(12)13(16)9-17-7-8-18(14(17)19)10-5-6-10/h1-4,7-8,10,13H,5-6,9,16H2. The first-order chi connectivity index (χ1) is 9.16. The van der Waals surface area contributed by atoms with Gasteiger partial charge in [-0.1, -0.05) is 18.2 Å². The molecule has 1 aliphatic carbocycles. The van der Waals surface area contributed by atoms with E-state index in [4.69, 9.17) is 5.73 Å². The number of nitrogens with zero attached hydrogens (tertiary/aromatic N) is 2. The predicted molar refractivity (Wildman–Crippen MR) is 70.3 cm³/mol. The van der Waals surface area contributed by atoms with Crippen LogP contribution >= 0.6 is 0 Å². The fourth-order valence-corrected chi connectivity index (χ4v) is 2.28. The lowest BCUT2D eigenvalue weighted by Crippen LogP contribution is -2.28. The van der Waals surface area contributed by atoms with Crippen LogP contribution in [0.25, 0.3) is 0 Å². The molecular formula is C14H16FN3O. The largest absolute Gasteiger partial charge is 0.328 e. The second kappa shape index (κ2) is 4.66. The molecule has 1 unspecified atom stereocenters. The third kappa shape index (κ3) is 2.33. The Balaban J connectivity index is 1.81. The summed E-state index contributed by atoms with van der Waals surface area (Å²) in [5.74, 6) is -0.329. The van der Waals surface area contributed by atoms with Crippen molar-refractivity contribution in [2.24, 2.45) is 5.73 Å². The minimum atomic E-state index is -0.519. The number of rotatable bonds is 4. The maximum absolute atomic E-state index is 13.6. The highest BCUT2D eigenvalue weighted by atomic mass is 19.1. The quantitative estimate of drug-likeness (QED) is 0.912. The van der Waals surface area contributed by atoms with Crippen LogP contribution in [0, 0.1) is 5.82 Å². The second-order valence-corrected chi connectivity index (χ2v) is 5.00. The van der Waals surface area contributed by atoms with Crippen molar-refractivity contribution in [3.63, 3.8) is 0 Å². The summed E-state index contributed by atoms with van der Waals surface area (Å²) >= 11 is 0. The molecule has 0 spiro atoms. The minimum absolute atomic E-state index is 0.0608. The van der Waals surface area contributed by atoms with E-state index in [9.17, 15) is 9.18 Å². The van der Waals surface area contributed by atoms with E-state index in [1.54, 1.807) is 39.7 Å². The smallest absolute Gasteiger partial charge is 0.322 e. The summed E-state index contributed by atoms with van der Waals surface area (Å²) in [4.78, 5) is 12.1.